The number of carbonyl (C=O) groups excluding carboxylic acids is 1. The number of carbonyl (C=O) groups is 2. The Kier molecular flexibility index (Phi) is 7.20. The number of carboxylic acid groups (broad SMARTS) is 1. The van der Waals surface area contributed by atoms with Crippen molar-refractivity contribution in [1.82, 2.24) is 10.1 Å². The van der Waals surface area contributed by atoms with Crippen LogP contribution >= 0.6 is 0 Å². The fourth-order valence-electron chi connectivity index (χ4n) is 4.82. The molecular weight excluding hydrogens is 424 g/mol. The van der Waals surface area contributed by atoms with E-state index in [0.29, 0.717) is 30.0 Å². The van der Waals surface area contributed by atoms with E-state index in [1.54, 1.807) is 11.9 Å². The summed E-state index contributed by atoms with van der Waals surface area (Å²) in [7, 11) is 1.80. The van der Waals surface area contributed by atoms with Gasteiger partial charge in [0.1, 0.15) is 12.4 Å². The van der Waals surface area contributed by atoms with Crippen LogP contribution in [0.15, 0.2) is 28.8 Å². The largest absolute Gasteiger partial charge is 0.490 e. The molecule has 33 heavy (non-hydrogen) atoms. The van der Waals surface area contributed by atoms with Crippen molar-refractivity contribution in [3.63, 3.8) is 0 Å². The molecule has 0 bridgehead atoms. The third-order valence-corrected chi connectivity index (χ3v) is 6.88. The predicted octanol–water partition coefficient (Wildman–Crippen LogP) is 5.18. The molecule has 178 valence electrons. The molecule has 8 heteroatoms. The summed E-state index contributed by atoms with van der Waals surface area (Å²) >= 11 is 0. The van der Waals surface area contributed by atoms with Gasteiger partial charge >= 0.3 is 12.1 Å². The van der Waals surface area contributed by atoms with Crippen LogP contribution < -0.4 is 4.74 Å². The van der Waals surface area contributed by atoms with E-state index in [0.717, 1.165) is 49.7 Å². The fraction of sp³-hybridized carbons (Fsp3) is 0.560. The van der Waals surface area contributed by atoms with Crippen LogP contribution in [0.4, 0.5) is 4.79 Å². The number of hydrogen-bond acceptors (Lipinski definition) is 6. The molecule has 0 spiro atoms. The van der Waals surface area contributed by atoms with Gasteiger partial charge in [0.15, 0.2) is 5.76 Å². The second-order valence-electron chi connectivity index (χ2n) is 9.15. The van der Waals surface area contributed by atoms with Crippen molar-refractivity contribution >= 4 is 12.1 Å². The first-order valence-corrected chi connectivity index (χ1v) is 11.8. The van der Waals surface area contributed by atoms with E-state index in [-0.39, 0.29) is 30.8 Å². The maximum atomic E-state index is 12.5. The summed E-state index contributed by atoms with van der Waals surface area (Å²) in [5.41, 5.74) is 2.24. The van der Waals surface area contributed by atoms with Crippen LogP contribution in [0.2, 0.25) is 0 Å². The summed E-state index contributed by atoms with van der Waals surface area (Å²) in [4.78, 5) is 25.5. The maximum Gasteiger partial charge on any atom is 0.410 e. The van der Waals surface area contributed by atoms with E-state index in [2.05, 4.69) is 5.16 Å². The Morgan fingerprint density at radius 3 is 2.55 bits per heavy atom. The van der Waals surface area contributed by atoms with E-state index in [4.69, 9.17) is 14.0 Å². The van der Waals surface area contributed by atoms with Gasteiger partial charge in [0.05, 0.1) is 23.3 Å². The summed E-state index contributed by atoms with van der Waals surface area (Å²) < 4.78 is 17.1. The molecule has 0 saturated heterocycles. The van der Waals surface area contributed by atoms with E-state index in [1.807, 2.05) is 31.2 Å². The van der Waals surface area contributed by atoms with Crippen LogP contribution in [0, 0.1) is 12.8 Å². The van der Waals surface area contributed by atoms with Gasteiger partial charge in [-0.15, -0.1) is 0 Å². The quantitative estimate of drug-likeness (QED) is 0.612. The molecule has 1 aromatic carbocycles. The number of benzene rings is 1. The molecule has 2 aliphatic rings. The van der Waals surface area contributed by atoms with Crippen LogP contribution in [-0.2, 0) is 16.1 Å². The number of aliphatic carboxylic acids is 1. The Morgan fingerprint density at radius 1 is 1.12 bits per heavy atom. The Bertz CT molecular complexity index is 964. The molecule has 2 fully saturated rings. The van der Waals surface area contributed by atoms with Crippen molar-refractivity contribution in [3.8, 4) is 17.1 Å². The number of aromatic nitrogens is 1. The van der Waals surface area contributed by atoms with Crippen molar-refractivity contribution in [3.05, 3.63) is 35.5 Å². The lowest BCUT2D eigenvalue weighted by molar-refractivity contribution is -0.143. The SMILES string of the molecule is Cc1noc(-c2ccc(OC3CCC[C@@H](C(=O)O)C3)cc2)c1COC(=O)N(C)C1CCCC1. The summed E-state index contributed by atoms with van der Waals surface area (Å²) in [6.45, 7) is 1.92. The first-order chi connectivity index (χ1) is 15.9. The van der Waals surface area contributed by atoms with Crippen molar-refractivity contribution in [2.75, 3.05) is 7.05 Å². The number of rotatable bonds is 7. The molecule has 1 heterocycles. The van der Waals surface area contributed by atoms with Gasteiger partial charge < -0.3 is 24.0 Å². The van der Waals surface area contributed by atoms with Crippen LogP contribution in [0.25, 0.3) is 11.3 Å². The summed E-state index contributed by atoms with van der Waals surface area (Å²) in [6.07, 6.45) is 6.88. The highest BCUT2D eigenvalue weighted by Gasteiger charge is 2.28. The average molecular weight is 457 g/mol. The summed E-state index contributed by atoms with van der Waals surface area (Å²) in [5.74, 6) is 0.177. The monoisotopic (exact) mass is 456 g/mol. The number of hydrogen-bond donors (Lipinski definition) is 1. The number of amides is 1. The van der Waals surface area contributed by atoms with Crippen molar-refractivity contribution < 1.29 is 28.7 Å². The number of nitrogens with zero attached hydrogens (tertiary/aromatic N) is 2. The van der Waals surface area contributed by atoms with E-state index < -0.39 is 5.97 Å². The zero-order chi connectivity index (χ0) is 23.4. The minimum Gasteiger partial charge on any atom is -0.490 e. The van der Waals surface area contributed by atoms with Crippen molar-refractivity contribution in [2.24, 2.45) is 5.92 Å². The fourth-order valence-corrected chi connectivity index (χ4v) is 4.82. The highest BCUT2D eigenvalue weighted by Crippen LogP contribution is 2.31. The Labute approximate surface area is 193 Å². The second-order valence-corrected chi connectivity index (χ2v) is 9.15. The van der Waals surface area contributed by atoms with Gasteiger partial charge in [-0.2, -0.15) is 0 Å². The van der Waals surface area contributed by atoms with Gasteiger partial charge in [-0.3, -0.25) is 4.79 Å². The third-order valence-electron chi connectivity index (χ3n) is 6.88. The molecule has 8 nitrogen and oxygen atoms in total. The van der Waals surface area contributed by atoms with Crippen LogP contribution in [0.5, 0.6) is 5.75 Å². The molecule has 1 unspecified atom stereocenters. The van der Waals surface area contributed by atoms with Crippen molar-refractivity contribution in [1.29, 1.82) is 0 Å². The average Bonchev–Trinajstić information content (AvgIpc) is 3.48. The molecule has 1 amide bonds. The lowest BCUT2D eigenvalue weighted by Gasteiger charge is -2.27. The van der Waals surface area contributed by atoms with Gasteiger partial charge in [-0.25, -0.2) is 4.79 Å². The van der Waals surface area contributed by atoms with Gasteiger partial charge in [0.2, 0.25) is 0 Å². The number of aryl methyl sites for hydroxylation is 1. The van der Waals surface area contributed by atoms with E-state index in [1.165, 1.54) is 0 Å². The van der Waals surface area contributed by atoms with Gasteiger partial charge in [-0.05, 0) is 69.7 Å². The first kappa shape index (κ1) is 23.1. The highest BCUT2D eigenvalue weighted by atomic mass is 16.6. The predicted molar refractivity (Wildman–Crippen MR) is 121 cm³/mol. The Balaban J connectivity index is 1.38. The molecule has 0 aliphatic heterocycles. The molecular formula is C25H32N2O6. The smallest absolute Gasteiger partial charge is 0.410 e. The maximum absolute atomic E-state index is 12.5. The molecule has 2 aromatic rings. The lowest BCUT2D eigenvalue weighted by Crippen LogP contribution is -2.35. The minimum atomic E-state index is -0.748. The molecule has 2 aliphatic carbocycles. The minimum absolute atomic E-state index is 0.0925. The van der Waals surface area contributed by atoms with Gasteiger partial charge in [0, 0.05) is 18.7 Å². The Hall–Kier alpha value is -3.03. The zero-order valence-electron chi connectivity index (χ0n) is 19.3. The van der Waals surface area contributed by atoms with E-state index in [9.17, 15) is 14.7 Å². The van der Waals surface area contributed by atoms with Crippen LogP contribution in [-0.4, -0.2) is 46.4 Å². The first-order valence-electron chi connectivity index (χ1n) is 11.8. The summed E-state index contributed by atoms with van der Waals surface area (Å²) in [6, 6.07) is 7.71. The van der Waals surface area contributed by atoms with Crippen LogP contribution in [0.3, 0.4) is 0 Å². The molecule has 4 rings (SSSR count). The normalized spacial score (nSPS) is 21.0. The zero-order valence-corrected chi connectivity index (χ0v) is 19.3. The molecule has 1 N–H and O–H groups in total. The molecule has 2 atom stereocenters. The van der Waals surface area contributed by atoms with E-state index >= 15 is 0 Å². The number of carboxylic acids is 1. The van der Waals surface area contributed by atoms with Crippen LogP contribution in [0.1, 0.15) is 62.6 Å². The third kappa shape index (κ3) is 5.49. The van der Waals surface area contributed by atoms with Crippen molar-refractivity contribution in [2.45, 2.75) is 77.0 Å². The molecule has 1 aromatic heterocycles. The number of ether oxygens (including phenoxy) is 2. The lowest BCUT2D eigenvalue weighted by atomic mass is 9.87. The highest BCUT2D eigenvalue weighted by molar-refractivity contribution is 5.70. The molecule has 0 radical (unpaired) electrons. The standard InChI is InChI=1S/C25H32N2O6/c1-16-22(15-31-25(30)27(2)19-7-3-4-8-19)23(33-26-16)17-10-12-20(13-11-17)32-21-9-5-6-18(14-21)24(28)29/h10-13,18-19,21H,3-9,14-15H2,1-2H3,(H,28,29)/t18-,21?/m1/s1. The topological polar surface area (TPSA) is 102 Å². The van der Waals surface area contributed by atoms with Gasteiger partial charge in [0.25, 0.3) is 0 Å². The summed E-state index contributed by atoms with van der Waals surface area (Å²) in [5, 5.41) is 13.3. The molecule has 2 saturated carbocycles. The van der Waals surface area contributed by atoms with Gasteiger partial charge in [-0.1, -0.05) is 18.0 Å². The Morgan fingerprint density at radius 2 is 1.85 bits per heavy atom. The second kappa shape index (κ2) is 10.3.